The van der Waals surface area contributed by atoms with Crippen LogP contribution in [0.2, 0.25) is 5.02 Å². The van der Waals surface area contributed by atoms with Crippen molar-refractivity contribution >= 4 is 45.7 Å². The summed E-state index contributed by atoms with van der Waals surface area (Å²) in [6, 6.07) is 19.3. The molecule has 2 aromatic carbocycles. The Hall–Kier alpha value is -3.09. The second-order valence-corrected chi connectivity index (χ2v) is 10.1. The van der Waals surface area contributed by atoms with Crippen molar-refractivity contribution in [2.24, 2.45) is 5.92 Å². The van der Waals surface area contributed by atoms with Crippen LogP contribution in [-0.4, -0.2) is 41.3 Å². The minimum Gasteiger partial charge on any atom is -0.361 e. The van der Waals surface area contributed by atoms with Crippen LogP contribution in [-0.2, 0) is 4.79 Å². The van der Waals surface area contributed by atoms with Crippen LogP contribution in [0.15, 0.2) is 72.2 Å². The molecule has 1 aliphatic heterocycles. The average Bonchev–Trinajstić information content (AvgIpc) is 3.55. The van der Waals surface area contributed by atoms with E-state index in [1.807, 2.05) is 24.4 Å². The molecule has 0 spiro atoms. The first kappa shape index (κ1) is 22.7. The summed E-state index contributed by atoms with van der Waals surface area (Å²) in [6.07, 6.45) is 3.65. The van der Waals surface area contributed by atoms with E-state index in [0.717, 1.165) is 18.4 Å². The van der Waals surface area contributed by atoms with E-state index in [2.05, 4.69) is 33.9 Å². The lowest BCUT2D eigenvalue weighted by molar-refractivity contribution is -0.126. The van der Waals surface area contributed by atoms with Crippen molar-refractivity contribution in [1.82, 2.24) is 15.2 Å². The summed E-state index contributed by atoms with van der Waals surface area (Å²) in [5, 5.41) is 7.04. The largest absolute Gasteiger partial charge is 0.361 e. The van der Waals surface area contributed by atoms with Gasteiger partial charge in [-0.25, -0.2) is 0 Å². The summed E-state index contributed by atoms with van der Waals surface area (Å²) in [5.74, 6) is -0.188. The van der Waals surface area contributed by atoms with Crippen molar-refractivity contribution in [2.75, 3.05) is 19.6 Å². The number of hydrogen-bond acceptors (Lipinski definition) is 3. The van der Waals surface area contributed by atoms with Gasteiger partial charge in [0, 0.05) is 58.1 Å². The summed E-state index contributed by atoms with van der Waals surface area (Å²) >= 11 is 7.65. The molecule has 34 heavy (non-hydrogen) atoms. The highest BCUT2D eigenvalue weighted by Gasteiger charge is 2.30. The van der Waals surface area contributed by atoms with Gasteiger partial charge >= 0.3 is 0 Å². The number of likely N-dealkylation sites (tertiary alicyclic amines) is 1. The number of H-pyrrole nitrogens is 1. The number of amides is 2. The number of para-hydroxylation sites is 1. The normalized spacial score (nSPS) is 17.0. The molecule has 2 atom stereocenters. The van der Waals surface area contributed by atoms with Crippen molar-refractivity contribution in [3.05, 3.63) is 93.3 Å². The first-order chi connectivity index (χ1) is 16.6. The molecule has 0 bridgehead atoms. The molecule has 1 saturated heterocycles. The van der Waals surface area contributed by atoms with Crippen LogP contribution in [0.3, 0.4) is 0 Å². The molecular weight excluding hydrogens is 466 g/mol. The number of aromatic amines is 1. The maximum Gasteiger partial charge on any atom is 0.253 e. The molecule has 3 heterocycles. The van der Waals surface area contributed by atoms with Gasteiger partial charge in [0.2, 0.25) is 5.91 Å². The molecular formula is C27H26ClN3O2S. The van der Waals surface area contributed by atoms with Gasteiger partial charge in [0.1, 0.15) is 0 Å². The van der Waals surface area contributed by atoms with Crippen LogP contribution in [0, 0.1) is 5.92 Å². The fourth-order valence-electron chi connectivity index (χ4n) is 4.73. The molecule has 4 aromatic rings. The number of nitrogens with zero attached hydrogens (tertiary/aromatic N) is 1. The zero-order valence-corrected chi connectivity index (χ0v) is 20.2. The SMILES string of the molecule is O=C(NCC(c1cccs1)c1c[nH]c2ccccc12)C1CCCN(C(=O)c2ccc(Cl)cc2)C1. The highest BCUT2D eigenvalue weighted by atomic mass is 35.5. The van der Waals surface area contributed by atoms with Crippen LogP contribution in [0.25, 0.3) is 10.9 Å². The van der Waals surface area contributed by atoms with Crippen molar-refractivity contribution in [2.45, 2.75) is 18.8 Å². The summed E-state index contributed by atoms with van der Waals surface area (Å²) in [7, 11) is 0. The monoisotopic (exact) mass is 491 g/mol. The van der Waals surface area contributed by atoms with Gasteiger partial charge in [-0.15, -0.1) is 11.3 Å². The predicted molar refractivity (Wildman–Crippen MR) is 138 cm³/mol. The van der Waals surface area contributed by atoms with E-state index in [9.17, 15) is 9.59 Å². The number of hydrogen-bond donors (Lipinski definition) is 2. The Bertz CT molecular complexity index is 1280. The van der Waals surface area contributed by atoms with E-state index in [1.165, 1.54) is 15.8 Å². The Morgan fingerprint density at radius 1 is 1.12 bits per heavy atom. The van der Waals surface area contributed by atoms with Gasteiger partial charge in [-0.3, -0.25) is 9.59 Å². The number of nitrogens with one attached hydrogen (secondary N) is 2. The first-order valence-electron chi connectivity index (χ1n) is 11.5. The van der Waals surface area contributed by atoms with E-state index in [-0.39, 0.29) is 23.7 Å². The molecule has 0 saturated carbocycles. The third-order valence-corrected chi connectivity index (χ3v) is 7.77. The van der Waals surface area contributed by atoms with Crippen molar-refractivity contribution in [1.29, 1.82) is 0 Å². The van der Waals surface area contributed by atoms with E-state index in [0.29, 0.717) is 30.2 Å². The van der Waals surface area contributed by atoms with Gasteiger partial charge in [-0.1, -0.05) is 35.9 Å². The Labute approximate surface area is 207 Å². The maximum absolute atomic E-state index is 13.2. The molecule has 0 radical (unpaired) electrons. The van der Waals surface area contributed by atoms with Crippen molar-refractivity contribution < 1.29 is 9.59 Å². The topological polar surface area (TPSA) is 65.2 Å². The van der Waals surface area contributed by atoms with E-state index in [4.69, 9.17) is 11.6 Å². The van der Waals surface area contributed by atoms with Crippen LogP contribution in [0.5, 0.6) is 0 Å². The van der Waals surface area contributed by atoms with E-state index >= 15 is 0 Å². The van der Waals surface area contributed by atoms with Crippen LogP contribution in [0.4, 0.5) is 0 Å². The summed E-state index contributed by atoms with van der Waals surface area (Å²) in [4.78, 5) is 32.5. The fourth-order valence-corrected chi connectivity index (χ4v) is 5.71. The number of aromatic nitrogens is 1. The van der Waals surface area contributed by atoms with Crippen LogP contribution in [0.1, 0.15) is 39.6 Å². The van der Waals surface area contributed by atoms with E-state index in [1.54, 1.807) is 40.5 Å². The Balaban J connectivity index is 1.28. The highest BCUT2D eigenvalue weighted by Crippen LogP contribution is 2.33. The van der Waals surface area contributed by atoms with Gasteiger partial charge in [0.25, 0.3) is 5.91 Å². The maximum atomic E-state index is 13.2. The Morgan fingerprint density at radius 2 is 1.94 bits per heavy atom. The molecule has 2 aromatic heterocycles. The third-order valence-electron chi connectivity index (χ3n) is 6.53. The van der Waals surface area contributed by atoms with Crippen molar-refractivity contribution in [3.63, 3.8) is 0 Å². The second-order valence-electron chi connectivity index (χ2n) is 8.70. The summed E-state index contributed by atoms with van der Waals surface area (Å²) < 4.78 is 0. The molecule has 174 valence electrons. The van der Waals surface area contributed by atoms with Crippen LogP contribution < -0.4 is 5.32 Å². The zero-order valence-electron chi connectivity index (χ0n) is 18.7. The Morgan fingerprint density at radius 3 is 2.74 bits per heavy atom. The second kappa shape index (κ2) is 10.0. The molecule has 2 amide bonds. The minimum absolute atomic E-state index is 0.00926. The van der Waals surface area contributed by atoms with Gasteiger partial charge in [-0.05, 0) is 60.2 Å². The molecule has 1 fully saturated rings. The minimum atomic E-state index is -0.211. The average molecular weight is 492 g/mol. The lowest BCUT2D eigenvalue weighted by Crippen LogP contribution is -2.46. The van der Waals surface area contributed by atoms with Gasteiger partial charge < -0.3 is 15.2 Å². The zero-order chi connectivity index (χ0) is 23.5. The number of piperidine rings is 1. The standard InChI is InChI=1S/C27H26ClN3O2S/c28-20-11-9-18(10-12-20)27(33)31-13-3-5-19(17-31)26(32)30-16-23(25-8-4-14-34-25)22-15-29-24-7-2-1-6-21(22)24/h1-2,4,6-12,14-15,19,23,29H,3,5,13,16-17H2,(H,30,32). The van der Waals surface area contributed by atoms with Crippen molar-refractivity contribution in [3.8, 4) is 0 Å². The number of halogens is 1. The molecule has 5 nitrogen and oxygen atoms in total. The highest BCUT2D eigenvalue weighted by molar-refractivity contribution is 7.10. The summed E-state index contributed by atoms with van der Waals surface area (Å²) in [6.45, 7) is 1.62. The van der Waals surface area contributed by atoms with Crippen LogP contribution >= 0.6 is 22.9 Å². The third kappa shape index (κ3) is 4.74. The van der Waals surface area contributed by atoms with Gasteiger partial charge in [0.05, 0.1) is 5.92 Å². The number of carbonyl (C=O) groups excluding carboxylic acids is 2. The van der Waals surface area contributed by atoms with E-state index < -0.39 is 0 Å². The van der Waals surface area contributed by atoms with Gasteiger partial charge in [-0.2, -0.15) is 0 Å². The van der Waals surface area contributed by atoms with Gasteiger partial charge in [0.15, 0.2) is 0 Å². The summed E-state index contributed by atoms with van der Waals surface area (Å²) in [5.41, 5.74) is 2.87. The number of thiophene rings is 1. The number of carbonyl (C=O) groups is 2. The molecule has 1 aliphatic rings. The quantitative estimate of drug-likeness (QED) is 0.364. The fraction of sp³-hybridized carbons (Fsp3) is 0.259. The molecule has 2 N–H and O–H groups in total. The molecule has 2 unspecified atom stereocenters. The molecule has 7 heteroatoms. The number of benzene rings is 2. The smallest absolute Gasteiger partial charge is 0.253 e. The lowest BCUT2D eigenvalue weighted by atomic mass is 9.94. The molecule has 5 rings (SSSR count). The predicted octanol–water partition coefficient (Wildman–Crippen LogP) is 5.68. The molecule has 0 aliphatic carbocycles. The number of rotatable bonds is 6. The Kier molecular flexibility index (Phi) is 6.70. The number of fused-ring (bicyclic) bond motifs is 1. The first-order valence-corrected chi connectivity index (χ1v) is 12.8. The lowest BCUT2D eigenvalue weighted by Gasteiger charge is -2.32.